The van der Waals surface area contributed by atoms with Crippen LogP contribution in [-0.4, -0.2) is 110 Å². The van der Waals surface area contributed by atoms with Gasteiger partial charge in [0.15, 0.2) is 0 Å². The zero-order chi connectivity index (χ0) is 30.7. The molecule has 0 aliphatic carbocycles. The summed E-state index contributed by atoms with van der Waals surface area (Å²) in [5, 5.41) is 19.5. The van der Waals surface area contributed by atoms with E-state index in [0.717, 1.165) is 44.5 Å². The Balaban J connectivity index is 0.000000745. The van der Waals surface area contributed by atoms with Crippen LogP contribution in [0, 0.1) is 11.8 Å². The van der Waals surface area contributed by atoms with Gasteiger partial charge in [0, 0.05) is 25.3 Å². The highest BCUT2D eigenvalue weighted by Crippen LogP contribution is 2.33. The number of rotatable bonds is 12. The Morgan fingerprint density at radius 1 is 1.15 bits per heavy atom. The maximum atomic E-state index is 13.3. The molecule has 11 nitrogen and oxygen atoms in total. The third-order valence-electron chi connectivity index (χ3n) is 7.73. The van der Waals surface area contributed by atoms with Gasteiger partial charge in [0.1, 0.15) is 6.04 Å². The summed E-state index contributed by atoms with van der Waals surface area (Å²) in [4.78, 5) is 58.3. The molecule has 0 bridgehead atoms. The molecule has 3 heterocycles. The van der Waals surface area contributed by atoms with E-state index in [1.165, 1.54) is 0 Å². The van der Waals surface area contributed by atoms with Gasteiger partial charge in [-0.3, -0.25) is 14.5 Å². The molecule has 15 heteroatoms. The Labute approximate surface area is 241 Å². The topological polar surface area (TPSA) is 156 Å². The molecule has 2 fully saturated rings. The monoisotopic (exact) mass is 607 g/mol. The van der Waals surface area contributed by atoms with Crippen LogP contribution in [0.3, 0.4) is 0 Å². The molecular formula is C26H40F3N5O6S. The number of aromatic nitrogens is 2. The summed E-state index contributed by atoms with van der Waals surface area (Å²) in [6.07, 6.45) is 4.57. The average Bonchev–Trinajstić information content (AvgIpc) is 3.66. The summed E-state index contributed by atoms with van der Waals surface area (Å²) in [5.41, 5.74) is 0.734. The minimum absolute atomic E-state index is 0.0501. The van der Waals surface area contributed by atoms with Crippen molar-refractivity contribution in [1.82, 2.24) is 25.1 Å². The first kappa shape index (κ1) is 34.4. The summed E-state index contributed by atoms with van der Waals surface area (Å²) in [6, 6.07) is -1.18. The molecule has 2 unspecified atom stereocenters. The second-order valence-electron chi connectivity index (χ2n) is 10.2. The summed E-state index contributed by atoms with van der Waals surface area (Å²) in [6.45, 7) is 6.39. The number of H-pyrrole nitrogens is 1. The fraction of sp³-hybridized carbons (Fsp3) is 0.731. The third-order valence-corrected chi connectivity index (χ3v) is 8.37. The lowest BCUT2D eigenvalue weighted by Crippen LogP contribution is -2.54. The zero-order valence-electron chi connectivity index (χ0n) is 23.5. The summed E-state index contributed by atoms with van der Waals surface area (Å²) < 4.78 is 31.7. The minimum Gasteiger partial charge on any atom is -0.480 e. The molecule has 0 saturated carbocycles. The van der Waals surface area contributed by atoms with Gasteiger partial charge in [0.2, 0.25) is 11.8 Å². The van der Waals surface area contributed by atoms with Gasteiger partial charge >= 0.3 is 18.1 Å². The van der Waals surface area contributed by atoms with Crippen molar-refractivity contribution in [2.75, 3.05) is 31.6 Å². The van der Waals surface area contributed by atoms with Gasteiger partial charge in [-0.2, -0.15) is 24.9 Å². The molecule has 0 radical (unpaired) electrons. The number of halogens is 3. The Hall–Kier alpha value is -2.81. The maximum Gasteiger partial charge on any atom is 0.490 e. The van der Waals surface area contributed by atoms with E-state index in [2.05, 4.69) is 34.0 Å². The highest BCUT2D eigenvalue weighted by molar-refractivity contribution is 7.98. The van der Waals surface area contributed by atoms with Crippen molar-refractivity contribution in [2.45, 2.75) is 76.7 Å². The first-order chi connectivity index (χ1) is 19.3. The molecular weight excluding hydrogens is 567 g/mol. The summed E-state index contributed by atoms with van der Waals surface area (Å²) in [5.74, 6) is -2.62. The van der Waals surface area contributed by atoms with Gasteiger partial charge in [-0.1, -0.05) is 26.7 Å². The number of thioether (sulfide) groups is 1. The lowest BCUT2D eigenvalue weighted by molar-refractivity contribution is -0.192. The van der Waals surface area contributed by atoms with Crippen LogP contribution >= 0.6 is 11.8 Å². The Kier molecular flexibility index (Phi) is 13.4. The van der Waals surface area contributed by atoms with E-state index < -0.39 is 24.2 Å². The molecule has 2 aliphatic heterocycles. The van der Waals surface area contributed by atoms with Gasteiger partial charge < -0.3 is 25.4 Å². The Morgan fingerprint density at radius 3 is 2.29 bits per heavy atom. The normalized spacial score (nSPS) is 23.5. The number of imidazole rings is 1. The van der Waals surface area contributed by atoms with Gasteiger partial charge in [-0.25, -0.2) is 14.6 Å². The molecule has 2 saturated heterocycles. The molecule has 0 aromatic carbocycles. The van der Waals surface area contributed by atoms with Crippen LogP contribution in [0.15, 0.2) is 12.5 Å². The number of aromatic amines is 1. The first-order valence-electron chi connectivity index (χ1n) is 13.7. The van der Waals surface area contributed by atoms with Crippen molar-refractivity contribution >= 4 is 35.5 Å². The predicted octanol–water partition coefficient (Wildman–Crippen LogP) is 2.64. The van der Waals surface area contributed by atoms with Crippen LogP contribution in [0.4, 0.5) is 13.2 Å². The number of carbonyl (C=O) groups excluding carboxylic acids is 2. The van der Waals surface area contributed by atoms with E-state index >= 15 is 0 Å². The van der Waals surface area contributed by atoms with Crippen molar-refractivity contribution in [2.24, 2.45) is 11.8 Å². The summed E-state index contributed by atoms with van der Waals surface area (Å²) >= 11 is 1.57. The number of alkyl halides is 3. The SMILES string of the molecule is CC[C@H]1CCN(C[C@@H]2[C@@H](CC)CCN2C(=O)Cc2c[nH]cn2)C1C(=O)NC(CCSC)C(=O)O.O=C(O)C(F)(F)F. The van der Waals surface area contributed by atoms with Crippen molar-refractivity contribution in [3.05, 3.63) is 18.2 Å². The molecule has 2 aliphatic rings. The van der Waals surface area contributed by atoms with Crippen LogP contribution in [0.2, 0.25) is 0 Å². The van der Waals surface area contributed by atoms with Crippen molar-refractivity contribution in [3.63, 3.8) is 0 Å². The fourth-order valence-corrected chi connectivity index (χ4v) is 6.00. The number of hydrogen-bond donors (Lipinski definition) is 4. The molecule has 1 aromatic rings. The smallest absolute Gasteiger partial charge is 0.480 e. The minimum atomic E-state index is -5.08. The molecule has 4 N–H and O–H groups in total. The second-order valence-corrected chi connectivity index (χ2v) is 11.2. The number of nitrogens with one attached hydrogen (secondary N) is 2. The number of hydrogen-bond acceptors (Lipinski definition) is 7. The van der Waals surface area contributed by atoms with Crippen molar-refractivity contribution in [3.8, 4) is 0 Å². The van der Waals surface area contributed by atoms with E-state index in [4.69, 9.17) is 9.90 Å². The second kappa shape index (κ2) is 16.0. The molecule has 0 spiro atoms. The number of carboxylic acid groups (broad SMARTS) is 2. The van der Waals surface area contributed by atoms with Gasteiger partial charge in [-0.05, 0) is 49.7 Å². The predicted molar refractivity (Wildman–Crippen MR) is 146 cm³/mol. The third kappa shape index (κ3) is 9.90. The van der Waals surface area contributed by atoms with Crippen LogP contribution in [-0.2, 0) is 25.6 Å². The van der Waals surface area contributed by atoms with Gasteiger partial charge in [0.05, 0.1) is 24.5 Å². The number of carbonyl (C=O) groups is 4. The standard InChI is InChI=1S/C24H39N5O4S.C2HF3O2/c1-4-16-7-10-29(21(30)12-18-13-25-15-26-18)20(16)14-28-9-6-17(5-2)22(28)23(31)27-19(24(32)33)8-11-34-3;3-2(4,5)1(6)7/h13,15-17,19-20,22H,4-12,14H2,1-3H3,(H,25,26)(H,27,31)(H,32,33);(H,6,7)/t16-,17-,19?,20+,22?;/m0./s1. The van der Waals surface area contributed by atoms with E-state index in [9.17, 15) is 32.7 Å². The number of nitrogens with zero attached hydrogens (tertiary/aromatic N) is 3. The van der Waals surface area contributed by atoms with Crippen molar-refractivity contribution in [1.29, 1.82) is 0 Å². The molecule has 232 valence electrons. The van der Waals surface area contributed by atoms with Gasteiger partial charge in [0.25, 0.3) is 0 Å². The quantitative estimate of drug-likeness (QED) is 0.281. The number of carboxylic acids is 2. The molecule has 1 aromatic heterocycles. The molecule has 3 rings (SSSR count). The Morgan fingerprint density at radius 2 is 1.78 bits per heavy atom. The van der Waals surface area contributed by atoms with Crippen LogP contribution in [0.5, 0.6) is 0 Å². The number of amides is 2. The van der Waals surface area contributed by atoms with Crippen LogP contribution < -0.4 is 5.32 Å². The van der Waals surface area contributed by atoms with Gasteiger partial charge in [-0.15, -0.1) is 0 Å². The Bertz CT molecular complexity index is 1010. The maximum absolute atomic E-state index is 13.3. The molecule has 41 heavy (non-hydrogen) atoms. The van der Waals surface area contributed by atoms with Crippen molar-refractivity contribution < 1.29 is 42.6 Å². The lowest BCUT2D eigenvalue weighted by Gasteiger charge is -2.35. The first-order valence-corrected chi connectivity index (χ1v) is 15.1. The molecule has 5 atom stereocenters. The fourth-order valence-electron chi connectivity index (χ4n) is 5.52. The largest absolute Gasteiger partial charge is 0.490 e. The van der Waals surface area contributed by atoms with E-state index in [0.29, 0.717) is 24.6 Å². The molecule has 2 amide bonds. The van der Waals surface area contributed by atoms with Crippen LogP contribution in [0.25, 0.3) is 0 Å². The highest BCUT2D eigenvalue weighted by Gasteiger charge is 2.44. The summed E-state index contributed by atoms with van der Waals surface area (Å²) in [7, 11) is 0. The van der Waals surface area contributed by atoms with E-state index in [1.807, 2.05) is 11.2 Å². The average molecular weight is 608 g/mol. The number of aliphatic carboxylic acids is 2. The van der Waals surface area contributed by atoms with E-state index in [-0.39, 0.29) is 36.2 Å². The van der Waals surface area contributed by atoms with E-state index in [1.54, 1.807) is 24.3 Å². The zero-order valence-corrected chi connectivity index (χ0v) is 24.3. The van der Waals surface area contributed by atoms with Crippen LogP contribution in [0.1, 0.15) is 51.6 Å². The highest BCUT2D eigenvalue weighted by atomic mass is 32.2. The number of likely N-dealkylation sites (tertiary alicyclic amines) is 2. The lowest BCUT2D eigenvalue weighted by atomic mass is 9.94.